The van der Waals surface area contributed by atoms with E-state index in [1.807, 2.05) is 0 Å². The van der Waals surface area contributed by atoms with Gasteiger partial charge in [0.1, 0.15) is 0 Å². The second kappa shape index (κ2) is 3.33. The number of thiocarbonyl (C=S) groups is 1. The zero-order valence-electron chi connectivity index (χ0n) is 7.75. The molecule has 0 amide bonds. The molecule has 2 unspecified atom stereocenters. The molecular weight excluding hydrogens is 166 g/mol. The van der Waals surface area contributed by atoms with Crippen LogP contribution in [0.4, 0.5) is 0 Å². The van der Waals surface area contributed by atoms with Crippen LogP contribution in [0.5, 0.6) is 0 Å². The van der Waals surface area contributed by atoms with Crippen molar-refractivity contribution >= 4 is 17.2 Å². The summed E-state index contributed by atoms with van der Waals surface area (Å²) in [5.41, 5.74) is 0. The fraction of sp³-hybridized carbons (Fsp3) is 0.900. The third kappa shape index (κ3) is 1.37. The molecule has 0 aromatic heterocycles. The van der Waals surface area contributed by atoms with Gasteiger partial charge in [0.15, 0.2) is 0 Å². The Kier molecular flexibility index (Phi) is 2.35. The Labute approximate surface area is 80.1 Å². The molecule has 2 atom stereocenters. The number of rotatable bonds is 1. The van der Waals surface area contributed by atoms with Gasteiger partial charge in [-0.15, -0.1) is 0 Å². The van der Waals surface area contributed by atoms with E-state index in [9.17, 15) is 0 Å². The van der Waals surface area contributed by atoms with Crippen LogP contribution in [0.15, 0.2) is 0 Å². The van der Waals surface area contributed by atoms with Gasteiger partial charge >= 0.3 is 0 Å². The fourth-order valence-electron chi connectivity index (χ4n) is 2.65. The molecule has 1 heterocycles. The van der Waals surface area contributed by atoms with Crippen molar-refractivity contribution in [1.29, 1.82) is 0 Å². The van der Waals surface area contributed by atoms with Crippen LogP contribution in [0.25, 0.3) is 0 Å². The lowest BCUT2D eigenvalue weighted by molar-refractivity contribution is 0.353. The molecule has 1 aliphatic carbocycles. The predicted molar refractivity (Wildman–Crippen MR) is 55.3 cm³/mol. The molecule has 0 aromatic carbocycles. The summed E-state index contributed by atoms with van der Waals surface area (Å²) in [6, 6.07) is 0.816. The lowest BCUT2D eigenvalue weighted by Gasteiger charge is -2.26. The molecule has 1 saturated carbocycles. The van der Waals surface area contributed by atoms with E-state index in [4.69, 9.17) is 12.2 Å². The SMILES string of the molecule is CCC(=S)N1CC2CCCC1C2. The average molecular weight is 183 g/mol. The quantitative estimate of drug-likeness (QED) is 0.575. The first-order valence-electron chi connectivity index (χ1n) is 5.10. The Bertz CT molecular complexity index is 190. The van der Waals surface area contributed by atoms with Crippen LogP contribution in [-0.2, 0) is 0 Å². The molecule has 0 aromatic rings. The van der Waals surface area contributed by atoms with Crippen molar-refractivity contribution in [3.63, 3.8) is 0 Å². The minimum atomic E-state index is 0.816. The minimum Gasteiger partial charge on any atom is -0.363 e. The lowest BCUT2D eigenvalue weighted by atomic mass is 9.90. The van der Waals surface area contributed by atoms with E-state index < -0.39 is 0 Å². The number of hydrogen-bond donors (Lipinski definition) is 0. The Morgan fingerprint density at radius 3 is 3.00 bits per heavy atom. The van der Waals surface area contributed by atoms with Gasteiger partial charge in [0.05, 0.1) is 4.99 Å². The molecule has 12 heavy (non-hydrogen) atoms. The Hall–Kier alpha value is -0.110. The lowest BCUT2D eigenvalue weighted by Crippen LogP contribution is -2.33. The standard InChI is InChI=1S/C10H17NS/c1-2-10(12)11-7-8-4-3-5-9(11)6-8/h8-9H,2-7H2,1H3. The van der Waals surface area contributed by atoms with Crippen molar-refractivity contribution in [1.82, 2.24) is 4.90 Å². The first-order chi connectivity index (χ1) is 5.81. The number of hydrogen-bond acceptors (Lipinski definition) is 1. The van der Waals surface area contributed by atoms with E-state index >= 15 is 0 Å². The molecule has 1 saturated heterocycles. The van der Waals surface area contributed by atoms with Crippen LogP contribution in [0, 0.1) is 5.92 Å². The number of fused-ring (bicyclic) bond motifs is 2. The van der Waals surface area contributed by atoms with E-state index in [1.165, 1.54) is 37.2 Å². The van der Waals surface area contributed by atoms with Crippen molar-refractivity contribution in [3.05, 3.63) is 0 Å². The van der Waals surface area contributed by atoms with Gasteiger partial charge in [-0.05, 0) is 31.6 Å². The molecule has 68 valence electrons. The molecule has 2 fully saturated rings. The smallest absolute Gasteiger partial charge is 0.0779 e. The number of nitrogens with zero attached hydrogens (tertiary/aromatic N) is 1. The molecule has 0 N–H and O–H groups in total. The van der Waals surface area contributed by atoms with Crippen LogP contribution in [0.2, 0.25) is 0 Å². The highest BCUT2D eigenvalue weighted by Gasteiger charge is 2.35. The van der Waals surface area contributed by atoms with Crippen LogP contribution in [0.1, 0.15) is 39.0 Å². The van der Waals surface area contributed by atoms with Crippen molar-refractivity contribution in [2.45, 2.75) is 45.1 Å². The Morgan fingerprint density at radius 1 is 1.50 bits per heavy atom. The Balaban J connectivity index is 2.04. The molecular formula is C10H17NS. The minimum absolute atomic E-state index is 0.816. The molecule has 1 aliphatic heterocycles. The van der Waals surface area contributed by atoms with Gasteiger partial charge < -0.3 is 4.90 Å². The molecule has 2 aliphatic rings. The van der Waals surface area contributed by atoms with Gasteiger partial charge in [-0.3, -0.25) is 0 Å². The van der Waals surface area contributed by atoms with E-state index in [-0.39, 0.29) is 0 Å². The predicted octanol–water partition coefficient (Wildman–Crippen LogP) is 2.60. The molecule has 2 heteroatoms. The second-order valence-corrected chi connectivity index (χ2v) is 4.56. The van der Waals surface area contributed by atoms with E-state index in [0.717, 1.165) is 18.4 Å². The highest BCUT2D eigenvalue weighted by atomic mass is 32.1. The number of likely N-dealkylation sites (tertiary alicyclic amines) is 1. The summed E-state index contributed by atoms with van der Waals surface area (Å²) in [6.07, 6.45) is 6.73. The third-order valence-corrected chi connectivity index (χ3v) is 3.80. The Morgan fingerprint density at radius 2 is 2.33 bits per heavy atom. The largest absolute Gasteiger partial charge is 0.363 e. The first-order valence-corrected chi connectivity index (χ1v) is 5.51. The van der Waals surface area contributed by atoms with Crippen LogP contribution in [-0.4, -0.2) is 22.5 Å². The topological polar surface area (TPSA) is 3.24 Å². The summed E-state index contributed by atoms with van der Waals surface area (Å²) in [5, 5.41) is 0. The van der Waals surface area contributed by atoms with Crippen LogP contribution in [0.3, 0.4) is 0 Å². The molecule has 0 spiro atoms. The monoisotopic (exact) mass is 183 g/mol. The summed E-state index contributed by atoms with van der Waals surface area (Å²) in [6.45, 7) is 3.43. The first kappa shape index (κ1) is 8.49. The summed E-state index contributed by atoms with van der Waals surface area (Å²) >= 11 is 5.37. The van der Waals surface area contributed by atoms with Crippen molar-refractivity contribution in [3.8, 4) is 0 Å². The van der Waals surface area contributed by atoms with Gasteiger partial charge in [0.25, 0.3) is 0 Å². The van der Waals surface area contributed by atoms with Crippen LogP contribution >= 0.6 is 12.2 Å². The van der Waals surface area contributed by atoms with Gasteiger partial charge in [-0.25, -0.2) is 0 Å². The van der Waals surface area contributed by atoms with Gasteiger partial charge in [0, 0.05) is 12.6 Å². The molecule has 2 rings (SSSR count). The van der Waals surface area contributed by atoms with Crippen molar-refractivity contribution in [2.24, 2.45) is 5.92 Å². The zero-order valence-corrected chi connectivity index (χ0v) is 8.57. The summed E-state index contributed by atoms with van der Waals surface area (Å²) in [4.78, 5) is 3.69. The molecule has 1 nitrogen and oxygen atoms in total. The summed E-state index contributed by atoms with van der Waals surface area (Å²) in [7, 11) is 0. The zero-order chi connectivity index (χ0) is 8.55. The maximum atomic E-state index is 5.37. The van der Waals surface area contributed by atoms with Gasteiger partial charge in [-0.1, -0.05) is 25.6 Å². The highest BCUT2D eigenvalue weighted by Crippen LogP contribution is 2.35. The maximum Gasteiger partial charge on any atom is 0.0779 e. The van der Waals surface area contributed by atoms with E-state index in [2.05, 4.69) is 11.8 Å². The van der Waals surface area contributed by atoms with E-state index in [1.54, 1.807) is 0 Å². The normalized spacial score (nSPS) is 33.9. The van der Waals surface area contributed by atoms with Crippen molar-refractivity contribution in [2.75, 3.05) is 6.54 Å². The van der Waals surface area contributed by atoms with Crippen LogP contribution < -0.4 is 0 Å². The third-order valence-electron chi connectivity index (χ3n) is 3.27. The summed E-state index contributed by atoms with van der Waals surface area (Å²) < 4.78 is 0. The van der Waals surface area contributed by atoms with E-state index in [0.29, 0.717) is 0 Å². The van der Waals surface area contributed by atoms with Gasteiger partial charge in [0.2, 0.25) is 0 Å². The fourth-order valence-corrected chi connectivity index (χ4v) is 2.87. The molecule has 2 bridgehead atoms. The molecule has 0 radical (unpaired) electrons. The second-order valence-electron chi connectivity index (χ2n) is 4.09. The van der Waals surface area contributed by atoms with Gasteiger partial charge in [-0.2, -0.15) is 0 Å². The summed E-state index contributed by atoms with van der Waals surface area (Å²) in [5.74, 6) is 0.966. The van der Waals surface area contributed by atoms with Crippen molar-refractivity contribution < 1.29 is 0 Å². The average Bonchev–Trinajstić information content (AvgIpc) is 2.40. The maximum absolute atomic E-state index is 5.37. The highest BCUT2D eigenvalue weighted by molar-refractivity contribution is 7.80.